The van der Waals surface area contributed by atoms with Crippen LogP contribution in [0.3, 0.4) is 0 Å². The first kappa shape index (κ1) is 14.3. The highest BCUT2D eigenvalue weighted by Gasteiger charge is 2.18. The lowest BCUT2D eigenvalue weighted by molar-refractivity contribution is -0.183. The molecule has 0 aromatic heterocycles. The molecule has 1 atom stereocenters. The van der Waals surface area contributed by atoms with Gasteiger partial charge in [-0.3, -0.25) is 0 Å². The molecule has 1 aliphatic heterocycles. The minimum Gasteiger partial charge on any atom is -0.493 e. The van der Waals surface area contributed by atoms with Gasteiger partial charge in [0, 0.05) is 12.0 Å². The average molecular weight is 266 g/mol. The molecule has 0 spiro atoms. The highest BCUT2D eigenvalue weighted by molar-refractivity contribution is 5.35. The molecular formula is C15H22O4. The van der Waals surface area contributed by atoms with Gasteiger partial charge in [-0.2, -0.15) is 0 Å². The fraction of sp³-hybridized carbons (Fsp3) is 0.600. The number of hydrogen-bond acceptors (Lipinski definition) is 4. The molecule has 4 nitrogen and oxygen atoms in total. The van der Waals surface area contributed by atoms with E-state index in [1.165, 1.54) is 0 Å². The van der Waals surface area contributed by atoms with Crippen molar-refractivity contribution < 1.29 is 19.3 Å². The minimum absolute atomic E-state index is 0.178. The number of benzene rings is 1. The second kappa shape index (κ2) is 7.48. The molecule has 0 saturated carbocycles. The highest BCUT2D eigenvalue weighted by atomic mass is 16.7. The van der Waals surface area contributed by atoms with E-state index < -0.39 is 6.10 Å². The lowest BCUT2D eigenvalue weighted by atomic mass is 10.0. The van der Waals surface area contributed by atoms with E-state index in [0.717, 1.165) is 30.9 Å². The van der Waals surface area contributed by atoms with E-state index in [1.807, 2.05) is 31.2 Å². The van der Waals surface area contributed by atoms with Crippen molar-refractivity contribution in [3.05, 3.63) is 29.8 Å². The summed E-state index contributed by atoms with van der Waals surface area (Å²) < 4.78 is 16.5. The second-order valence-corrected chi connectivity index (χ2v) is 4.59. The van der Waals surface area contributed by atoms with Gasteiger partial charge in [-0.15, -0.1) is 0 Å². The zero-order chi connectivity index (χ0) is 13.5. The van der Waals surface area contributed by atoms with E-state index in [2.05, 4.69) is 0 Å². The quantitative estimate of drug-likeness (QED) is 0.860. The molecular weight excluding hydrogens is 244 g/mol. The van der Waals surface area contributed by atoms with Crippen molar-refractivity contribution in [3.63, 3.8) is 0 Å². The molecule has 1 fully saturated rings. The van der Waals surface area contributed by atoms with E-state index in [9.17, 15) is 5.11 Å². The number of para-hydroxylation sites is 1. The summed E-state index contributed by atoms with van der Waals surface area (Å²) in [5.41, 5.74) is 0.833. The van der Waals surface area contributed by atoms with Crippen LogP contribution in [-0.2, 0) is 9.47 Å². The van der Waals surface area contributed by atoms with Gasteiger partial charge < -0.3 is 19.3 Å². The van der Waals surface area contributed by atoms with Crippen molar-refractivity contribution in [1.82, 2.24) is 0 Å². The summed E-state index contributed by atoms with van der Waals surface area (Å²) >= 11 is 0. The summed E-state index contributed by atoms with van der Waals surface area (Å²) in [5, 5.41) is 10.3. The molecule has 1 aliphatic rings. The van der Waals surface area contributed by atoms with Crippen LogP contribution in [0.25, 0.3) is 0 Å². The Bertz CT molecular complexity index is 374. The lowest BCUT2D eigenvalue weighted by Gasteiger charge is -2.24. The Labute approximate surface area is 114 Å². The molecule has 1 N–H and O–H groups in total. The normalized spacial score (nSPS) is 18.2. The van der Waals surface area contributed by atoms with Gasteiger partial charge in [0.2, 0.25) is 0 Å². The maximum atomic E-state index is 10.3. The second-order valence-electron chi connectivity index (χ2n) is 4.59. The Balaban J connectivity index is 1.89. The topological polar surface area (TPSA) is 47.9 Å². The fourth-order valence-corrected chi connectivity index (χ4v) is 2.20. The summed E-state index contributed by atoms with van der Waals surface area (Å²) in [5.74, 6) is 0.753. The Morgan fingerprint density at radius 2 is 2.05 bits per heavy atom. The third-order valence-electron chi connectivity index (χ3n) is 3.15. The summed E-state index contributed by atoms with van der Waals surface area (Å²) in [7, 11) is 0. The van der Waals surface area contributed by atoms with Crippen LogP contribution in [0.5, 0.6) is 5.75 Å². The van der Waals surface area contributed by atoms with Gasteiger partial charge in [-0.25, -0.2) is 0 Å². The number of rotatable bonds is 6. The van der Waals surface area contributed by atoms with Crippen LogP contribution in [-0.4, -0.2) is 31.2 Å². The van der Waals surface area contributed by atoms with E-state index in [4.69, 9.17) is 14.2 Å². The molecule has 4 heteroatoms. The zero-order valence-corrected chi connectivity index (χ0v) is 11.4. The van der Waals surface area contributed by atoms with E-state index in [1.54, 1.807) is 0 Å². The summed E-state index contributed by atoms with van der Waals surface area (Å²) in [6.07, 6.45) is 1.53. The maximum Gasteiger partial charge on any atom is 0.157 e. The van der Waals surface area contributed by atoms with Crippen molar-refractivity contribution in [2.24, 2.45) is 0 Å². The van der Waals surface area contributed by atoms with Gasteiger partial charge in [0.15, 0.2) is 6.29 Å². The standard InChI is InChI=1S/C15H22O4/c1-2-17-14-7-4-3-6-12(14)13(16)8-9-15-18-10-5-11-19-15/h3-4,6-7,13,15-16H,2,5,8-11H2,1H3/t13-/m0/s1. The molecule has 0 amide bonds. The van der Waals surface area contributed by atoms with Gasteiger partial charge in [0.25, 0.3) is 0 Å². The van der Waals surface area contributed by atoms with E-state index in [0.29, 0.717) is 19.4 Å². The molecule has 1 heterocycles. The average Bonchev–Trinajstić information content (AvgIpc) is 2.47. The molecule has 19 heavy (non-hydrogen) atoms. The van der Waals surface area contributed by atoms with Crippen LogP contribution >= 0.6 is 0 Å². The monoisotopic (exact) mass is 266 g/mol. The van der Waals surface area contributed by atoms with Gasteiger partial charge in [0.05, 0.1) is 25.9 Å². The first-order valence-corrected chi connectivity index (χ1v) is 6.94. The molecule has 1 aromatic carbocycles. The van der Waals surface area contributed by atoms with Crippen molar-refractivity contribution in [1.29, 1.82) is 0 Å². The fourth-order valence-electron chi connectivity index (χ4n) is 2.20. The number of aliphatic hydroxyl groups excluding tert-OH is 1. The Hall–Kier alpha value is -1.10. The van der Waals surface area contributed by atoms with Gasteiger partial charge in [-0.1, -0.05) is 18.2 Å². The first-order chi connectivity index (χ1) is 9.31. The number of aliphatic hydroxyl groups is 1. The lowest BCUT2D eigenvalue weighted by Crippen LogP contribution is -2.25. The number of hydrogen-bond donors (Lipinski definition) is 1. The van der Waals surface area contributed by atoms with Crippen molar-refractivity contribution in [2.75, 3.05) is 19.8 Å². The van der Waals surface area contributed by atoms with E-state index in [-0.39, 0.29) is 6.29 Å². The molecule has 0 radical (unpaired) electrons. The first-order valence-electron chi connectivity index (χ1n) is 6.94. The number of ether oxygens (including phenoxy) is 3. The molecule has 0 bridgehead atoms. The molecule has 1 aromatic rings. The van der Waals surface area contributed by atoms with Crippen LogP contribution in [0.4, 0.5) is 0 Å². The van der Waals surface area contributed by atoms with Crippen molar-refractivity contribution in [2.45, 2.75) is 38.6 Å². The van der Waals surface area contributed by atoms with E-state index >= 15 is 0 Å². The highest BCUT2D eigenvalue weighted by Crippen LogP contribution is 2.29. The van der Waals surface area contributed by atoms with Gasteiger partial charge in [0.1, 0.15) is 5.75 Å². The van der Waals surface area contributed by atoms with Crippen LogP contribution < -0.4 is 4.74 Å². The molecule has 0 unspecified atom stereocenters. The van der Waals surface area contributed by atoms with Crippen LogP contribution in [0.2, 0.25) is 0 Å². The summed E-state index contributed by atoms with van der Waals surface area (Å²) in [6, 6.07) is 7.61. The Morgan fingerprint density at radius 3 is 2.79 bits per heavy atom. The Kier molecular flexibility index (Phi) is 5.63. The zero-order valence-electron chi connectivity index (χ0n) is 11.4. The molecule has 1 saturated heterocycles. The molecule has 0 aliphatic carbocycles. The third-order valence-corrected chi connectivity index (χ3v) is 3.15. The van der Waals surface area contributed by atoms with Crippen LogP contribution in [0.15, 0.2) is 24.3 Å². The SMILES string of the molecule is CCOc1ccccc1[C@@H](O)CCC1OCCCO1. The van der Waals surface area contributed by atoms with Crippen LogP contribution in [0, 0.1) is 0 Å². The molecule has 106 valence electrons. The summed E-state index contributed by atoms with van der Waals surface area (Å²) in [4.78, 5) is 0. The summed E-state index contributed by atoms with van der Waals surface area (Å²) in [6.45, 7) is 4.03. The van der Waals surface area contributed by atoms with Crippen LogP contribution in [0.1, 0.15) is 37.9 Å². The largest absolute Gasteiger partial charge is 0.493 e. The third kappa shape index (κ3) is 4.20. The van der Waals surface area contributed by atoms with Crippen molar-refractivity contribution >= 4 is 0 Å². The Morgan fingerprint density at radius 1 is 1.32 bits per heavy atom. The maximum absolute atomic E-state index is 10.3. The predicted molar refractivity (Wildman–Crippen MR) is 72.1 cm³/mol. The molecule has 2 rings (SSSR count). The smallest absolute Gasteiger partial charge is 0.157 e. The predicted octanol–water partition coefficient (Wildman–Crippen LogP) is 2.66. The van der Waals surface area contributed by atoms with Gasteiger partial charge in [-0.05, 0) is 25.8 Å². The van der Waals surface area contributed by atoms with Gasteiger partial charge >= 0.3 is 0 Å². The minimum atomic E-state index is -0.545. The van der Waals surface area contributed by atoms with Crippen molar-refractivity contribution in [3.8, 4) is 5.75 Å².